The number of phenolic OH excluding ortho intramolecular Hbond substituents is 1. The number of nitrogens with one attached hydrogen (secondary N) is 2. The van der Waals surface area contributed by atoms with Crippen molar-refractivity contribution in [3.8, 4) is 16.9 Å². The highest BCUT2D eigenvalue weighted by molar-refractivity contribution is 5.65. The van der Waals surface area contributed by atoms with Gasteiger partial charge in [-0.25, -0.2) is 0 Å². The summed E-state index contributed by atoms with van der Waals surface area (Å²) in [7, 11) is 1.95. The van der Waals surface area contributed by atoms with E-state index in [1.54, 1.807) is 12.1 Å². The van der Waals surface area contributed by atoms with E-state index < -0.39 is 0 Å². The third kappa shape index (κ3) is 2.85. The predicted octanol–water partition coefficient (Wildman–Crippen LogP) is 1.93. The lowest BCUT2D eigenvalue weighted by Crippen LogP contribution is -2.08. The molecule has 0 aliphatic heterocycles. The zero-order valence-corrected chi connectivity index (χ0v) is 9.90. The molecule has 90 valence electrons. The molecule has 0 fully saturated rings. The van der Waals surface area contributed by atoms with Gasteiger partial charge in [-0.15, -0.1) is 0 Å². The predicted molar refractivity (Wildman–Crippen MR) is 67.9 cm³/mol. The number of aryl methyl sites for hydroxylation is 1. The quantitative estimate of drug-likeness (QED) is 0.689. The summed E-state index contributed by atoms with van der Waals surface area (Å²) in [6.07, 6.45) is 3.88. The van der Waals surface area contributed by atoms with Gasteiger partial charge in [-0.05, 0) is 44.1 Å². The van der Waals surface area contributed by atoms with Crippen LogP contribution in [0.25, 0.3) is 11.1 Å². The van der Waals surface area contributed by atoms with Crippen LogP contribution < -0.4 is 5.32 Å². The van der Waals surface area contributed by atoms with Crippen LogP contribution in [0.3, 0.4) is 0 Å². The van der Waals surface area contributed by atoms with E-state index in [-0.39, 0.29) is 5.75 Å². The van der Waals surface area contributed by atoms with E-state index in [1.165, 1.54) is 0 Å². The van der Waals surface area contributed by atoms with Crippen LogP contribution in [0.5, 0.6) is 5.75 Å². The van der Waals surface area contributed by atoms with Gasteiger partial charge in [0.2, 0.25) is 0 Å². The molecule has 4 nitrogen and oxygen atoms in total. The zero-order valence-electron chi connectivity index (χ0n) is 9.90. The summed E-state index contributed by atoms with van der Waals surface area (Å²) in [5.41, 5.74) is 3.34. The zero-order chi connectivity index (χ0) is 12.1. The number of H-pyrrole nitrogens is 1. The van der Waals surface area contributed by atoms with E-state index in [0.29, 0.717) is 0 Å². The Kier molecular flexibility index (Phi) is 3.77. The van der Waals surface area contributed by atoms with Crippen molar-refractivity contribution in [3.05, 3.63) is 36.2 Å². The molecule has 0 saturated carbocycles. The molecule has 0 aliphatic carbocycles. The van der Waals surface area contributed by atoms with Crippen LogP contribution in [-0.2, 0) is 6.42 Å². The second-order valence-corrected chi connectivity index (χ2v) is 4.02. The lowest BCUT2D eigenvalue weighted by Gasteiger charge is -2.03. The van der Waals surface area contributed by atoms with E-state index in [9.17, 15) is 5.11 Å². The summed E-state index contributed by atoms with van der Waals surface area (Å²) in [6.45, 7) is 0.994. The summed E-state index contributed by atoms with van der Waals surface area (Å²) < 4.78 is 0. The van der Waals surface area contributed by atoms with Crippen LogP contribution in [0.1, 0.15) is 12.1 Å². The summed E-state index contributed by atoms with van der Waals surface area (Å²) in [5.74, 6) is 0.286. The monoisotopic (exact) mass is 231 g/mol. The molecule has 2 rings (SSSR count). The summed E-state index contributed by atoms with van der Waals surface area (Å²) in [4.78, 5) is 0. The Morgan fingerprint density at radius 2 is 2.06 bits per heavy atom. The molecule has 2 aromatic rings. The summed E-state index contributed by atoms with van der Waals surface area (Å²) >= 11 is 0. The van der Waals surface area contributed by atoms with Crippen LogP contribution in [-0.4, -0.2) is 28.9 Å². The minimum absolute atomic E-state index is 0.286. The largest absolute Gasteiger partial charge is 0.508 e. The van der Waals surface area contributed by atoms with E-state index >= 15 is 0 Å². The molecule has 17 heavy (non-hydrogen) atoms. The molecule has 0 atom stereocenters. The van der Waals surface area contributed by atoms with Crippen molar-refractivity contribution in [1.29, 1.82) is 0 Å². The van der Waals surface area contributed by atoms with Crippen LogP contribution in [0.15, 0.2) is 30.5 Å². The van der Waals surface area contributed by atoms with E-state index in [1.807, 2.05) is 25.4 Å². The van der Waals surface area contributed by atoms with Crippen molar-refractivity contribution < 1.29 is 5.11 Å². The normalized spacial score (nSPS) is 10.6. The number of aromatic nitrogens is 2. The fourth-order valence-electron chi connectivity index (χ4n) is 1.84. The maximum Gasteiger partial charge on any atom is 0.115 e. The van der Waals surface area contributed by atoms with Crippen LogP contribution in [0.2, 0.25) is 0 Å². The Balaban J connectivity index is 2.15. The fraction of sp³-hybridized carbons (Fsp3) is 0.308. The molecule has 0 saturated heterocycles. The molecule has 0 amide bonds. The van der Waals surface area contributed by atoms with Crippen molar-refractivity contribution in [2.24, 2.45) is 0 Å². The van der Waals surface area contributed by atoms with Gasteiger partial charge in [0, 0.05) is 11.3 Å². The topological polar surface area (TPSA) is 60.9 Å². The third-order valence-electron chi connectivity index (χ3n) is 2.75. The minimum atomic E-state index is 0.286. The Morgan fingerprint density at radius 3 is 2.76 bits per heavy atom. The Labute approximate surface area is 101 Å². The molecule has 1 aromatic heterocycles. The summed E-state index contributed by atoms with van der Waals surface area (Å²) in [5, 5.41) is 19.5. The second kappa shape index (κ2) is 5.50. The van der Waals surface area contributed by atoms with Gasteiger partial charge in [0.1, 0.15) is 5.75 Å². The molecule has 0 unspecified atom stereocenters. The van der Waals surface area contributed by atoms with Gasteiger partial charge in [0.05, 0.1) is 6.20 Å². The van der Waals surface area contributed by atoms with Gasteiger partial charge in [-0.2, -0.15) is 5.10 Å². The molecule has 0 radical (unpaired) electrons. The molecular weight excluding hydrogens is 214 g/mol. The van der Waals surface area contributed by atoms with Gasteiger partial charge in [0.25, 0.3) is 0 Å². The number of aromatic amines is 1. The van der Waals surface area contributed by atoms with E-state index in [4.69, 9.17) is 0 Å². The average Bonchev–Trinajstić information content (AvgIpc) is 2.79. The SMILES string of the molecule is CNCCCc1[nH]ncc1-c1ccc(O)cc1. The molecular formula is C13H17N3O. The molecule has 3 N–H and O–H groups in total. The van der Waals surface area contributed by atoms with Gasteiger partial charge in [-0.1, -0.05) is 12.1 Å². The summed E-state index contributed by atoms with van der Waals surface area (Å²) in [6, 6.07) is 7.20. The number of nitrogens with zero attached hydrogens (tertiary/aromatic N) is 1. The minimum Gasteiger partial charge on any atom is -0.508 e. The van der Waals surface area contributed by atoms with Gasteiger partial charge in [-0.3, -0.25) is 5.10 Å². The van der Waals surface area contributed by atoms with Crippen LogP contribution >= 0.6 is 0 Å². The first-order chi connectivity index (χ1) is 8.31. The van der Waals surface area contributed by atoms with Crippen molar-refractivity contribution in [2.45, 2.75) is 12.8 Å². The highest BCUT2D eigenvalue weighted by atomic mass is 16.3. The third-order valence-corrected chi connectivity index (χ3v) is 2.75. The number of aromatic hydroxyl groups is 1. The molecule has 0 aliphatic rings. The van der Waals surface area contributed by atoms with Crippen molar-refractivity contribution in [3.63, 3.8) is 0 Å². The first kappa shape index (κ1) is 11.7. The average molecular weight is 231 g/mol. The number of phenols is 1. The standard InChI is InChI=1S/C13H17N3O/c1-14-8-2-3-13-12(9-15-16-13)10-4-6-11(17)7-5-10/h4-7,9,14,17H,2-3,8H2,1H3,(H,15,16). The molecule has 1 aromatic carbocycles. The van der Waals surface area contributed by atoms with Crippen molar-refractivity contribution in [1.82, 2.24) is 15.5 Å². The van der Waals surface area contributed by atoms with Gasteiger partial charge >= 0.3 is 0 Å². The number of rotatable bonds is 5. The van der Waals surface area contributed by atoms with Gasteiger partial charge in [0.15, 0.2) is 0 Å². The second-order valence-electron chi connectivity index (χ2n) is 4.02. The molecule has 0 bridgehead atoms. The highest BCUT2D eigenvalue weighted by Crippen LogP contribution is 2.24. The maximum atomic E-state index is 9.27. The van der Waals surface area contributed by atoms with Crippen LogP contribution in [0.4, 0.5) is 0 Å². The number of benzene rings is 1. The Bertz CT molecular complexity index is 462. The molecule has 1 heterocycles. The van der Waals surface area contributed by atoms with Gasteiger partial charge < -0.3 is 10.4 Å². The van der Waals surface area contributed by atoms with Crippen molar-refractivity contribution >= 4 is 0 Å². The Morgan fingerprint density at radius 1 is 1.29 bits per heavy atom. The molecule has 0 spiro atoms. The highest BCUT2D eigenvalue weighted by Gasteiger charge is 2.07. The maximum absolute atomic E-state index is 9.27. The van der Waals surface area contributed by atoms with E-state index in [2.05, 4.69) is 15.5 Å². The number of hydrogen-bond acceptors (Lipinski definition) is 3. The van der Waals surface area contributed by atoms with Crippen LogP contribution in [0, 0.1) is 0 Å². The van der Waals surface area contributed by atoms with E-state index in [0.717, 1.165) is 36.2 Å². The number of hydrogen-bond donors (Lipinski definition) is 3. The Hall–Kier alpha value is -1.81. The first-order valence-electron chi connectivity index (χ1n) is 5.77. The smallest absolute Gasteiger partial charge is 0.115 e. The lowest BCUT2D eigenvalue weighted by atomic mass is 10.0. The van der Waals surface area contributed by atoms with Crippen molar-refractivity contribution in [2.75, 3.05) is 13.6 Å². The molecule has 4 heteroatoms. The first-order valence-corrected chi connectivity index (χ1v) is 5.77. The fourth-order valence-corrected chi connectivity index (χ4v) is 1.84. The lowest BCUT2D eigenvalue weighted by molar-refractivity contribution is 0.475.